The fraction of sp³-hybridized carbons (Fsp3) is 0.440. The predicted octanol–water partition coefficient (Wildman–Crippen LogP) is 4.29. The van der Waals surface area contributed by atoms with E-state index >= 15 is 0 Å². The first-order valence-electron chi connectivity index (χ1n) is 10.7. The third-order valence-electron chi connectivity index (χ3n) is 6.65. The van der Waals surface area contributed by atoms with Gasteiger partial charge in [-0.3, -0.25) is 14.5 Å². The fourth-order valence-corrected chi connectivity index (χ4v) is 4.75. The van der Waals surface area contributed by atoms with Gasteiger partial charge in [0.1, 0.15) is 0 Å². The minimum Gasteiger partial charge on any atom is -0.338 e. The monoisotopic (exact) mass is 390 g/mol. The second kappa shape index (κ2) is 8.50. The summed E-state index contributed by atoms with van der Waals surface area (Å²) in [5.74, 6) is 0.413. The van der Waals surface area contributed by atoms with Crippen molar-refractivity contribution in [1.29, 1.82) is 0 Å². The first-order valence-corrected chi connectivity index (χ1v) is 10.7. The molecule has 2 aliphatic heterocycles. The highest BCUT2D eigenvalue weighted by Gasteiger charge is 2.40. The molecule has 2 aromatic rings. The Morgan fingerprint density at radius 3 is 2.21 bits per heavy atom. The van der Waals surface area contributed by atoms with Gasteiger partial charge in [-0.15, -0.1) is 0 Å². The van der Waals surface area contributed by atoms with Crippen LogP contribution in [0.25, 0.3) is 0 Å². The van der Waals surface area contributed by atoms with E-state index < -0.39 is 0 Å². The van der Waals surface area contributed by atoms with Crippen molar-refractivity contribution in [1.82, 2.24) is 9.80 Å². The van der Waals surface area contributed by atoms with Crippen molar-refractivity contribution in [2.45, 2.75) is 45.7 Å². The van der Waals surface area contributed by atoms with Crippen molar-refractivity contribution in [2.24, 2.45) is 5.41 Å². The van der Waals surface area contributed by atoms with E-state index in [-0.39, 0.29) is 11.2 Å². The number of ketones is 1. The smallest absolute Gasteiger partial charge is 0.222 e. The number of piperidine rings is 2. The zero-order chi connectivity index (χ0) is 20.3. The molecule has 4 heteroatoms. The van der Waals surface area contributed by atoms with E-state index in [1.807, 2.05) is 30.3 Å². The van der Waals surface area contributed by atoms with E-state index in [0.29, 0.717) is 12.3 Å². The molecular weight excluding hydrogens is 360 g/mol. The minimum atomic E-state index is 0.114. The van der Waals surface area contributed by atoms with Gasteiger partial charge < -0.3 is 4.90 Å². The molecule has 0 bridgehead atoms. The lowest BCUT2D eigenvalue weighted by molar-refractivity contribution is -0.140. The lowest BCUT2D eigenvalue weighted by Gasteiger charge is -2.47. The van der Waals surface area contributed by atoms with Crippen LogP contribution >= 0.6 is 0 Å². The topological polar surface area (TPSA) is 40.6 Å². The standard InChI is InChI=1S/C25H30N2O2/c1-20(28)23-9-7-22(8-10-23)17-26-15-13-25(14-16-26)12-11-24(29)27(19-25)18-21-5-3-2-4-6-21/h2-10H,11-19H2,1H3. The van der Waals surface area contributed by atoms with Crippen molar-refractivity contribution >= 4 is 11.7 Å². The van der Waals surface area contributed by atoms with Gasteiger partial charge in [-0.25, -0.2) is 0 Å². The number of hydrogen-bond acceptors (Lipinski definition) is 3. The normalized spacial score (nSPS) is 19.5. The minimum absolute atomic E-state index is 0.114. The van der Waals surface area contributed by atoms with Crippen molar-refractivity contribution in [3.8, 4) is 0 Å². The number of amides is 1. The van der Waals surface area contributed by atoms with Crippen LogP contribution in [0, 0.1) is 5.41 Å². The molecule has 0 aliphatic carbocycles. The van der Waals surface area contributed by atoms with Gasteiger partial charge in [0, 0.05) is 31.6 Å². The third kappa shape index (κ3) is 4.76. The maximum Gasteiger partial charge on any atom is 0.222 e. The van der Waals surface area contributed by atoms with Gasteiger partial charge in [0.2, 0.25) is 5.91 Å². The summed E-state index contributed by atoms with van der Waals surface area (Å²) in [6, 6.07) is 18.3. The van der Waals surface area contributed by atoms with Crippen LogP contribution in [0.3, 0.4) is 0 Å². The predicted molar refractivity (Wildman–Crippen MR) is 114 cm³/mol. The van der Waals surface area contributed by atoms with Crippen LogP contribution < -0.4 is 0 Å². The second-order valence-corrected chi connectivity index (χ2v) is 8.76. The Hall–Kier alpha value is -2.46. The first-order chi connectivity index (χ1) is 14.0. The molecule has 2 heterocycles. The summed E-state index contributed by atoms with van der Waals surface area (Å²) in [4.78, 5) is 28.5. The summed E-state index contributed by atoms with van der Waals surface area (Å²) in [6.07, 6.45) is 4.01. The van der Waals surface area contributed by atoms with Crippen LogP contribution in [0.4, 0.5) is 0 Å². The first kappa shape index (κ1) is 19.8. The maximum absolute atomic E-state index is 12.5. The van der Waals surface area contributed by atoms with Gasteiger partial charge in [-0.05, 0) is 55.8 Å². The van der Waals surface area contributed by atoms with Crippen molar-refractivity contribution < 1.29 is 9.59 Å². The SMILES string of the molecule is CC(=O)c1ccc(CN2CCC3(CCC(=O)N(Cc4ccccc4)C3)CC2)cc1. The van der Waals surface area contributed by atoms with Gasteiger partial charge >= 0.3 is 0 Å². The van der Waals surface area contributed by atoms with E-state index in [9.17, 15) is 9.59 Å². The molecular formula is C25H30N2O2. The van der Waals surface area contributed by atoms with Gasteiger partial charge in [0.15, 0.2) is 5.78 Å². The number of benzene rings is 2. The van der Waals surface area contributed by atoms with Crippen LogP contribution in [-0.4, -0.2) is 41.1 Å². The number of carbonyl (C=O) groups excluding carboxylic acids is 2. The third-order valence-corrected chi connectivity index (χ3v) is 6.65. The van der Waals surface area contributed by atoms with Gasteiger partial charge in [-0.1, -0.05) is 54.6 Å². The van der Waals surface area contributed by atoms with E-state index in [0.717, 1.165) is 57.5 Å². The van der Waals surface area contributed by atoms with Crippen molar-refractivity contribution in [2.75, 3.05) is 19.6 Å². The Balaban J connectivity index is 1.34. The Bertz CT molecular complexity index is 852. The summed E-state index contributed by atoms with van der Waals surface area (Å²) in [7, 11) is 0. The van der Waals surface area contributed by atoms with Gasteiger partial charge in [0.25, 0.3) is 0 Å². The average Bonchev–Trinajstić information content (AvgIpc) is 2.74. The molecule has 2 aromatic carbocycles. The van der Waals surface area contributed by atoms with Crippen LogP contribution in [0.5, 0.6) is 0 Å². The lowest BCUT2D eigenvalue weighted by Crippen LogP contribution is -2.51. The number of likely N-dealkylation sites (tertiary alicyclic amines) is 2. The number of Topliss-reactive ketones (excluding diaryl/α,β-unsaturated/α-hetero) is 1. The molecule has 152 valence electrons. The molecule has 2 saturated heterocycles. The van der Waals surface area contributed by atoms with E-state index in [1.165, 1.54) is 11.1 Å². The summed E-state index contributed by atoms with van der Waals surface area (Å²) in [6.45, 7) is 6.30. The molecule has 0 unspecified atom stereocenters. The van der Waals surface area contributed by atoms with E-state index in [4.69, 9.17) is 0 Å². The Labute approximate surface area is 173 Å². The second-order valence-electron chi connectivity index (χ2n) is 8.76. The number of nitrogens with zero attached hydrogens (tertiary/aromatic N) is 2. The molecule has 4 nitrogen and oxygen atoms in total. The van der Waals surface area contributed by atoms with Gasteiger partial charge in [0.05, 0.1) is 0 Å². The molecule has 1 amide bonds. The number of rotatable bonds is 5. The van der Waals surface area contributed by atoms with Crippen molar-refractivity contribution in [3.63, 3.8) is 0 Å². The van der Waals surface area contributed by atoms with Crippen LogP contribution in [-0.2, 0) is 17.9 Å². The zero-order valence-corrected chi connectivity index (χ0v) is 17.3. The van der Waals surface area contributed by atoms with Crippen LogP contribution in [0.15, 0.2) is 54.6 Å². The largest absolute Gasteiger partial charge is 0.338 e. The lowest BCUT2D eigenvalue weighted by atomic mass is 9.72. The van der Waals surface area contributed by atoms with E-state index in [1.54, 1.807) is 6.92 Å². The Kier molecular flexibility index (Phi) is 5.81. The quantitative estimate of drug-likeness (QED) is 0.715. The van der Waals surface area contributed by atoms with Gasteiger partial charge in [-0.2, -0.15) is 0 Å². The molecule has 2 fully saturated rings. The Morgan fingerprint density at radius 1 is 0.897 bits per heavy atom. The molecule has 0 aromatic heterocycles. The molecule has 0 N–H and O–H groups in total. The highest BCUT2D eigenvalue weighted by atomic mass is 16.2. The Morgan fingerprint density at radius 2 is 1.55 bits per heavy atom. The summed E-state index contributed by atoms with van der Waals surface area (Å²) in [5, 5.41) is 0. The molecule has 2 aliphatic rings. The summed E-state index contributed by atoms with van der Waals surface area (Å²) in [5.41, 5.74) is 3.52. The zero-order valence-electron chi connectivity index (χ0n) is 17.3. The van der Waals surface area contributed by atoms with Crippen LogP contribution in [0.2, 0.25) is 0 Å². The summed E-state index contributed by atoms with van der Waals surface area (Å²) >= 11 is 0. The average molecular weight is 391 g/mol. The molecule has 4 rings (SSSR count). The summed E-state index contributed by atoms with van der Waals surface area (Å²) < 4.78 is 0. The maximum atomic E-state index is 12.5. The fourth-order valence-electron chi connectivity index (χ4n) is 4.75. The molecule has 0 saturated carbocycles. The number of carbonyl (C=O) groups is 2. The van der Waals surface area contributed by atoms with Crippen LogP contribution in [0.1, 0.15) is 54.1 Å². The molecule has 29 heavy (non-hydrogen) atoms. The highest BCUT2D eigenvalue weighted by Crippen LogP contribution is 2.40. The highest BCUT2D eigenvalue weighted by molar-refractivity contribution is 5.94. The molecule has 0 atom stereocenters. The number of hydrogen-bond donors (Lipinski definition) is 0. The molecule has 0 radical (unpaired) electrons. The van der Waals surface area contributed by atoms with E-state index in [2.05, 4.69) is 34.1 Å². The van der Waals surface area contributed by atoms with Crippen molar-refractivity contribution in [3.05, 3.63) is 71.3 Å². The molecule has 1 spiro atoms.